The van der Waals surface area contributed by atoms with Gasteiger partial charge in [-0.05, 0) is 54.8 Å². The summed E-state index contributed by atoms with van der Waals surface area (Å²) in [6, 6.07) is 0. The summed E-state index contributed by atoms with van der Waals surface area (Å²) in [5, 5.41) is 10.0. The van der Waals surface area contributed by atoms with E-state index in [0.717, 1.165) is 25.7 Å². The Balaban J connectivity index is 1.67. The molecule has 9 atom stereocenters. The Morgan fingerprint density at radius 3 is 2.68 bits per heavy atom. The van der Waals surface area contributed by atoms with Gasteiger partial charge in [-0.2, -0.15) is 0 Å². The van der Waals surface area contributed by atoms with Crippen LogP contribution < -0.4 is 0 Å². The summed E-state index contributed by atoms with van der Waals surface area (Å²) in [6.07, 6.45) is 12.9. The summed E-state index contributed by atoms with van der Waals surface area (Å²) in [5.41, 5.74) is 0.188. The molecule has 0 aliphatic heterocycles. The zero-order valence-corrected chi connectivity index (χ0v) is 16.9. The van der Waals surface area contributed by atoms with Crippen LogP contribution in [-0.4, -0.2) is 28.1 Å². The molecule has 0 aromatic heterocycles. The molecule has 4 aliphatic rings. The van der Waals surface area contributed by atoms with Crippen LogP contribution >= 0.6 is 15.9 Å². The van der Waals surface area contributed by atoms with Gasteiger partial charge in [-0.3, -0.25) is 4.79 Å². The summed E-state index contributed by atoms with van der Waals surface area (Å²) in [6.45, 7) is 6.23. The van der Waals surface area contributed by atoms with Crippen LogP contribution in [0.2, 0.25) is 0 Å². The van der Waals surface area contributed by atoms with Gasteiger partial charge in [0.25, 0.3) is 0 Å². The van der Waals surface area contributed by atoms with E-state index in [1.54, 1.807) is 0 Å². The minimum Gasteiger partial charge on any atom is -0.461 e. The molecule has 4 aliphatic carbocycles. The molecule has 0 radical (unpaired) electrons. The van der Waals surface area contributed by atoms with Crippen molar-refractivity contribution in [3.05, 3.63) is 24.3 Å². The Hall–Kier alpha value is -0.610. The lowest BCUT2D eigenvalue weighted by Gasteiger charge is -2.56. The van der Waals surface area contributed by atoms with Crippen molar-refractivity contribution in [2.75, 3.05) is 0 Å². The second kappa shape index (κ2) is 5.95. The van der Waals surface area contributed by atoms with Crippen molar-refractivity contribution >= 4 is 21.9 Å². The predicted molar refractivity (Wildman–Crippen MR) is 101 cm³/mol. The third-order valence-electron chi connectivity index (χ3n) is 7.86. The van der Waals surface area contributed by atoms with E-state index in [9.17, 15) is 9.90 Å². The molecule has 0 unspecified atom stereocenters. The lowest BCUT2D eigenvalue weighted by Crippen LogP contribution is -2.52. The predicted octanol–water partition coefficient (Wildman–Crippen LogP) is 4.25. The maximum Gasteiger partial charge on any atom is 0.302 e. The van der Waals surface area contributed by atoms with Gasteiger partial charge in [0, 0.05) is 12.3 Å². The standard InChI is InChI=1S/C21H29BrO3/c1-12(23)25-19-18(22)11-17-15-5-4-13-10-14(24)6-8-20(13,2)16(15)7-9-21(17,19)3/h4-6,8,13-19,24H,7,9-11H2,1-3H3/t13-,14+,15-,16+,17+,18-,19+,20+,21+/m1/s1. The number of hydrogen-bond acceptors (Lipinski definition) is 3. The molecule has 3 nitrogen and oxygen atoms in total. The first-order valence-electron chi connectivity index (χ1n) is 9.63. The summed E-state index contributed by atoms with van der Waals surface area (Å²) < 4.78 is 5.76. The van der Waals surface area contributed by atoms with Gasteiger partial charge in [0.15, 0.2) is 0 Å². The molecule has 2 fully saturated rings. The number of rotatable bonds is 1. The second-order valence-electron chi connectivity index (χ2n) is 9.14. The van der Waals surface area contributed by atoms with E-state index in [-0.39, 0.29) is 33.8 Å². The van der Waals surface area contributed by atoms with Gasteiger partial charge in [0.05, 0.1) is 10.9 Å². The van der Waals surface area contributed by atoms with Gasteiger partial charge < -0.3 is 9.84 Å². The van der Waals surface area contributed by atoms with E-state index in [1.807, 2.05) is 6.08 Å². The third-order valence-corrected chi connectivity index (χ3v) is 8.71. The van der Waals surface area contributed by atoms with Gasteiger partial charge in [0.2, 0.25) is 0 Å². The Labute approximate surface area is 159 Å². The average molecular weight is 409 g/mol. The van der Waals surface area contributed by atoms with Gasteiger partial charge >= 0.3 is 5.97 Å². The van der Waals surface area contributed by atoms with Crippen molar-refractivity contribution in [3.63, 3.8) is 0 Å². The number of carbonyl (C=O) groups excluding carboxylic acids is 1. The molecule has 2 saturated carbocycles. The maximum absolute atomic E-state index is 11.6. The van der Waals surface area contributed by atoms with Crippen LogP contribution in [0.1, 0.15) is 46.5 Å². The van der Waals surface area contributed by atoms with Crippen molar-refractivity contribution in [3.8, 4) is 0 Å². The highest BCUT2D eigenvalue weighted by molar-refractivity contribution is 9.09. The van der Waals surface area contributed by atoms with E-state index < -0.39 is 0 Å². The molecule has 138 valence electrons. The quantitative estimate of drug-likeness (QED) is 0.400. The summed E-state index contributed by atoms with van der Waals surface area (Å²) in [7, 11) is 0. The zero-order valence-electron chi connectivity index (χ0n) is 15.3. The Bertz CT molecular complexity index is 629. The fourth-order valence-electron chi connectivity index (χ4n) is 6.49. The number of halogens is 1. The van der Waals surface area contributed by atoms with Crippen molar-refractivity contribution in [2.45, 2.75) is 63.5 Å². The summed E-state index contributed by atoms with van der Waals surface area (Å²) in [4.78, 5) is 11.9. The van der Waals surface area contributed by atoms with Crippen LogP contribution in [-0.2, 0) is 9.53 Å². The van der Waals surface area contributed by atoms with Gasteiger partial charge in [-0.25, -0.2) is 0 Å². The van der Waals surface area contributed by atoms with E-state index in [4.69, 9.17) is 4.74 Å². The number of fused-ring (bicyclic) bond motifs is 5. The first-order chi connectivity index (χ1) is 11.8. The number of ether oxygens (including phenoxy) is 1. The molecular formula is C21H29BrO3. The van der Waals surface area contributed by atoms with E-state index >= 15 is 0 Å². The first-order valence-corrected chi connectivity index (χ1v) is 10.5. The third kappa shape index (κ3) is 2.58. The Morgan fingerprint density at radius 2 is 1.96 bits per heavy atom. The van der Waals surface area contributed by atoms with E-state index in [0.29, 0.717) is 23.7 Å². The molecular weight excluding hydrogens is 380 g/mol. The SMILES string of the molecule is CC(=O)O[C@H]1[C@H](Br)C[C@H]2[C@@H]3C=C[C@@H]4C[C@@H](O)C=C[C@]4(C)[C@H]3CC[C@@]21C. The molecule has 0 saturated heterocycles. The number of aliphatic hydroxyl groups excluding tert-OH is 1. The number of alkyl halides is 1. The molecule has 0 spiro atoms. The fourth-order valence-corrected chi connectivity index (χ4v) is 7.60. The number of carbonyl (C=O) groups is 1. The van der Waals surface area contributed by atoms with Crippen molar-refractivity contribution in [1.29, 1.82) is 0 Å². The van der Waals surface area contributed by atoms with Crippen LogP contribution in [0.25, 0.3) is 0 Å². The summed E-state index contributed by atoms with van der Waals surface area (Å²) >= 11 is 3.82. The lowest BCUT2D eigenvalue weighted by atomic mass is 9.48. The topological polar surface area (TPSA) is 46.5 Å². The lowest BCUT2D eigenvalue weighted by molar-refractivity contribution is -0.155. The largest absolute Gasteiger partial charge is 0.461 e. The zero-order chi connectivity index (χ0) is 18.0. The van der Waals surface area contributed by atoms with E-state index in [2.05, 4.69) is 48.0 Å². The highest BCUT2D eigenvalue weighted by Gasteiger charge is 2.61. The molecule has 4 heteroatoms. The summed E-state index contributed by atoms with van der Waals surface area (Å²) in [5.74, 6) is 1.94. The van der Waals surface area contributed by atoms with Crippen LogP contribution in [0.3, 0.4) is 0 Å². The first kappa shape index (κ1) is 17.8. The molecule has 0 bridgehead atoms. The minimum absolute atomic E-state index is 0.0291. The molecule has 0 aromatic carbocycles. The van der Waals surface area contributed by atoms with Crippen molar-refractivity contribution in [1.82, 2.24) is 0 Å². The average Bonchev–Trinajstić information content (AvgIpc) is 2.79. The van der Waals surface area contributed by atoms with E-state index in [1.165, 1.54) is 6.92 Å². The number of hydrogen-bond donors (Lipinski definition) is 1. The molecule has 0 aromatic rings. The monoisotopic (exact) mass is 408 g/mol. The van der Waals surface area contributed by atoms with Gasteiger partial charge in [-0.15, -0.1) is 0 Å². The highest BCUT2D eigenvalue weighted by Crippen LogP contribution is 2.64. The molecule has 25 heavy (non-hydrogen) atoms. The number of allylic oxidation sites excluding steroid dienone is 3. The van der Waals surface area contributed by atoms with Crippen molar-refractivity contribution in [2.24, 2.45) is 34.5 Å². The Morgan fingerprint density at radius 1 is 1.20 bits per heavy atom. The minimum atomic E-state index is -0.306. The molecule has 1 N–H and O–H groups in total. The molecule has 0 amide bonds. The van der Waals surface area contributed by atoms with Gasteiger partial charge in [0.1, 0.15) is 6.10 Å². The highest BCUT2D eigenvalue weighted by atomic mass is 79.9. The number of esters is 1. The van der Waals surface area contributed by atoms with Crippen LogP contribution in [0.15, 0.2) is 24.3 Å². The van der Waals surface area contributed by atoms with Crippen LogP contribution in [0, 0.1) is 34.5 Å². The van der Waals surface area contributed by atoms with Crippen LogP contribution in [0.5, 0.6) is 0 Å². The van der Waals surface area contributed by atoms with Crippen molar-refractivity contribution < 1.29 is 14.6 Å². The molecule has 4 rings (SSSR count). The number of aliphatic hydroxyl groups is 1. The Kier molecular flexibility index (Phi) is 4.23. The van der Waals surface area contributed by atoms with Gasteiger partial charge in [-0.1, -0.05) is 54.1 Å². The second-order valence-corrected chi connectivity index (χ2v) is 10.3. The molecule has 0 heterocycles. The van der Waals surface area contributed by atoms with Crippen LogP contribution in [0.4, 0.5) is 0 Å². The smallest absolute Gasteiger partial charge is 0.302 e. The fraction of sp³-hybridized carbons (Fsp3) is 0.762. The maximum atomic E-state index is 11.6. The normalized spacial score (nSPS) is 53.7.